The van der Waals surface area contributed by atoms with Gasteiger partial charge in [-0.2, -0.15) is 10.2 Å². The number of aryl methyl sites for hydroxylation is 1. The molecule has 3 rings (SSSR count). The molecule has 0 saturated heterocycles. The average molecular weight is 382 g/mol. The molecule has 26 heavy (non-hydrogen) atoms. The Morgan fingerprint density at radius 2 is 2.19 bits per heavy atom. The quantitative estimate of drug-likeness (QED) is 0.382. The highest BCUT2D eigenvalue weighted by molar-refractivity contribution is 7.77. The van der Waals surface area contributed by atoms with Crippen molar-refractivity contribution in [2.75, 3.05) is 6.54 Å². The van der Waals surface area contributed by atoms with Gasteiger partial charge >= 0.3 is 0 Å². The molecule has 138 valence electrons. The number of hydrogen-bond acceptors (Lipinski definition) is 5. The molecule has 0 spiro atoms. The van der Waals surface area contributed by atoms with Gasteiger partial charge in [-0.15, -0.1) is 0 Å². The van der Waals surface area contributed by atoms with Crippen LogP contribution >= 0.6 is 0 Å². The van der Waals surface area contributed by atoms with Crippen LogP contribution in [0, 0.1) is 17.6 Å². The van der Waals surface area contributed by atoms with Crippen molar-refractivity contribution >= 4 is 17.0 Å². The first-order valence-electron chi connectivity index (χ1n) is 7.87. The summed E-state index contributed by atoms with van der Waals surface area (Å²) < 4.78 is 49.6. The molecule has 2 aliphatic rings. The van der Waals surface area contributed by atoms with Gasteiger partial charge in [-0.25, -0.2) is 17.7 Å². The minimum Gasteiger partial charge on any atom is -0.367 e. The number of carbonyl (C=O) groups is 1. The maximum absolute atomic E-state index is 14.2. The summed E-state index contributed by atoms with van der Waals surface area (Å²) in [6, 6.07) is 2.35. The summed E-state index contributed by atoms with van der Waals surface area (Å²) in [5.41, 5.74) is 0.376. The lowest BCUT2D eigenvalue weighted by Gasteiger charge is -2.16. The fourth-order valence-corrected chi connectivity index (χ4v) is 3.20. The number of hydrogen-bond donors (Lipinski definition) is 3. The Morgan fingerprint density at radius 3 is 2.96 bits per heavy atom. The fourth-order valence-electron chi connectivity index (χ4n) is 2.88. The zero-order chi connectivity index (χ0) is 18.7. The van der Waals surface area contributed by atoms with E-state index in [9.17, 15) is 17.8 Å². The summed E-state index contributed by atoms with van der Waals surface area (Å²) in [4.78, 5) is 12.7. The molecule has 7 nitrogen and oxygen atoms in total. The zero-order valence-electron chi connectivity index (χ0n) is 13.5. The summed E-state index contributed by atoms with van der Waals surface area (Å²) in [7, 11) is 0. The molecule has 1 aromatic carbocycles. The third kappa shape index (κ3) is 3.92. The van der Waals surface area contributed by atoms with Crippen molar-refractivity contribution < 1.29 is 22.3 Å². The Bertz CT molecular complexity index is 841. The van der Waals surface area contributed by atoms with Crippen LogP contribution in [-0.2, 0) is 17.7 Å². The molecule has 0 aromatic heterocycles. The van der Waals surface area contributed by atoms with Crippen LogP contribution in [0.1, 0.15) is 22.3 Å². The summed E-state index contributed by atoms with van der Waals surface area (Å²) in [5, 5.41) is 10.6. The van der Waals surface area contributed by atoms with E-state index in [1.165, 1.54) is 18.5 Å². The van der Waals surface area contributed by atoms with Crippen LogP contribution in [0.15, 0.2) is 46.4 Å². The lowest BCUT2D eigenvalue weighted by molar-refractivity contribution is 0.102. The molecule has 0 bridgehead atoms. The van der Waals surface area contributed by atoms with E-state index in [1.54, 1.807) is 6.08 Å². The second-order valence-electron chi connectivity index (χ2n) is 5.82. The van der Waals surface area contributed by atoms with Crippen LogP contribution in [-0.4, -0.2) is 27.3 Å². The first kappa shape index (κ1) is 18.5. The Kier molecular flexibility index (Phi) is 5.64. The number of rotatable bonds is 7. The van der Waals surface area contributed by atoms with Crippen molar-refractivity contribution in [2.45, 2.75) is 19.0 Å². The number of azo groups is 1. The van der Waals surface area contributed by atoms with E-state index < -0.39 is 34.8 Å². The number of nitrogens with zero attached hydrogens (tertiary/aromatic N) is 2. The van der Waals surface area contributed by atoms with Gasteiger partial charge in [-0.1, -0.05) is 6.08 Å². The molecule has 1 aromatic rings. The van der Waals surface area contributed by atoms with Gasteiger partial charge in [0.25, 0.3) is 0 Å². The van der Waals surface area contributed by atoms with E-state index >= 15 is 0 Å². The van der Waals surface area contributed by atoms with Crippen molar-refractivity contribution in [3.8, 4) is 0 Å². The summed E-state index contributed by atoms with van der Waals surface area (Å²) in [6.45, 7) is 0.222. The van der Waals surface area contributed by atoms with Crippen LogP contribution in [0.25, 0.3) is 0 Å². The maximum Gasteiger partial charge on any atom is 0.231 e. The molecule has 10 heteroatoms. The molecule has 0 aliphatic carbocycles. The molecular weight excluding hydrogens is 366 g/mol. The predicted octanol–water partition coefficient (Wildman–Crippen LogP) is 2.22. The number of ketones is 1. The molecule has 3 unspecified atom stereocenters. The van der Waals surface area contributed by atoms with Gasteiger partial charge in [0.2, 0.25) is 11.3 Å². The van der Waals surface area contributed by atoms with Crippen LogP contribution in [0.5, 0.6) is 0 Å². The second kappa shape index (κ2) is 7.94. The third-order valence-electron chi connectivity index (χ3n) is 4.12. The fraction of sp³-hybridized carbons (Fsp3) is 0.312. The van der Waals surface area contributed by atoms with E-state index in [4.69, 9.17) is 4.55 Å². The van der Waals surface area contributed by atoms with Crippen LogP contribution in [0.2, 0.25) is 0 Å². The summed E-state index contributed by atoms with van der Waals surface area (Å²) in [5.74, 6) is -3.29. The lowest BCUT2D eigenvalue weighted by atomic mass is 9.91. The molecule has 0 saturated carbocycles. The Labute approximate surface area is 150 Å². The first-order chi connectivity index (χ1) is 12.5. The van der Waals surface area contributed by atoms with E-state index in [0.717, 1.165) is 6.07 Å². The minimum atomic E-state index is -2.12. The zero-order valence-corrected chi connectivity index (χ0v) is 14.3. The van der Waals surface area contributed by atoms with Gasteiger partial charge in [-0.05, 0) is 30.5 Å². The molecule has 0 fully saturated rings. The number of nitrogens with one attached hydrogen (secondary N) is 2. The second-order valence-corrected chi connectivity index (χ2v) is 6.61. The Balaban J connectivity index is 1.78. The summed E-state index contributed by atoms with van der Waals surface area (Å²) >= 11 is -2.12. The van der Waals surface area contributed by atoms with Crippen LogP contribution in [0.3, 0.4) is 0 Å². The van der Waals surface area contributed by atoms with Crippen molar-refractivity contribution in [1.29, 1.82) is 0 Å². The number of halogens is 2. The van der Waals surface area contributed by atoms with Gasteiger partial charge in [0.05, 0.1) is 11.5 Å². The number of fused-ring (bicyclic) bond motifs is 1. The van der Waals surface area contributed by atoms with Crippen molar-refractivity contribution in [3.63, 3.8) is 0 Å². The van der Waals surface area contributed by atoms with Gasteiger partial charge in [0.1, 0.15) is 6.17 Å². The van der Waals surface area contributed by atoms with Crippen molar-refractivity contribution in [1.82, 2.24) is 10.0 Å². The molecular formula is C16H16F2N4O3S. The van der Waals surface area contributed by atoms with Crippen LogP contribution < -0.4 is 10.0 Å². The molecule has 2 aliphatic heterocycles. The topological polar surface area (TPSA) is 103 Å². The largest absolute Gasteiger partial charge is 0.367 e. The van der Waals surface area contributed by atoms with E-state index in [-0.39, 0.29) is 23.6 Å². The molecule has 3 N–H and O–H groups in total. The SMILES string of the molecule is O=C(C1=CNC2N=NC=CC12)c1cc(CCCNS(=O)O)cc(F)c1F. The van der Waals surface area contributed by atoms with E-state index in [2.05, 4.69) is 20.3 Å². The molecule has 2 heterocycles. The standard InChI is InChI=1S/C16H16F2N4O3S/c17-13-7-9(2-1-4-21-26(24)25)6-11(14(13)18)15(23)12-8-19-16-10(12)3-5-20-22-16/h3,5-8,10,16,19,21H,1-2,4H2,(H,24,25). The Morgan fingerprint density at radius 1 is 1.38 bits per heavy atom. The number of Topliss-reactive ketones (excluding diaryl/α,β-unsaturated/α-hetero) is 1. The number of carbonyl (C=O) groups excluding carboxylic acids is 1. The third-order valence-corrected chi connectivity index (χ3v) is 4.57. The smallest absolute Gasteiger partial charge is 0.231 e. The lowest BCUT2D eigenvalue weighted by Crippen LogP contribution is -2.26. The van der Waals surface area contributed by atoms with Crippen molar-refractivity contribution in [3.05, 3.63) is 58.9 Å². The van der Waals surface area contributed by atoms with E-state index in [1.807, 2.05) is 0 Å². The van der Waals surface area contributed by atoms with Gasteiger partial charge in [0.15, 0.2) is 17.4 Å². The Hall–Kier alpha value is -2.30. The minimum absolute atomic E-state index is 0.222. The van der Waals surface area contributed by atoms with Crippen molar-refractivity contribution in [2.24, 2.45) is 16.1 Å². The number of benzene rings is 1. The summed E-state index contributed by atoms with van der Waals surface area (Å²) in [6.07, 6.45) is 4.92. The monoisotopic (exact) mass is 382 g/mol. The maximum atomic E-state index is 14.2. The normalized spacial score (nSPS) is 21.9. The van der Waals surface area contributed by atoms with Gasteiger partial charge in [-0.3, -0.25) is 9.35 Å². The molecule has 0 amide bonds. The molecule has 0 radical (unpaired) electrons. The highest BCUT2D eigenvalue weighted by Crippen LogP contribution is 2.30. The van der Waals surface area contributed by atoms with E-state index in [0.29, 0.717) is 18.4 Å². The van der Waals surface area contributed by atoms with Crippen LogP contribution in [0.4, 0.5) is 8.78 Å². The predicted molar refractivity (Wildman–Crippen MR) is 90.3 cm³/mol. The first-order valence-corrected chi connectivity index (χ1v) is 8.98. The highest BCUT2D eigenvalue weighted by Gasteiger charge is 2.34. The molecule has 3 atom stereocenters. The van der Waals surface area contributed by atoms with Gasteiger partial charge < -0.3 is 5.32 Å². The highest BCUT2D eigenvalue weighted by atomic mass is 32.2. The average Bonchev–Trinajstić information content (AvgIpc) is 3.05. The van der Waals surface area contributed by atoms with Gasteiger partial charge in [0, 0.05) is 24.5 Å².